The lowest BCUT2D eigenvalue weighted by atomic mass is 10.2. The van der Waals surface area contributed by atoms with Crippen LogP contribution in [0.4, 0.5) is 42.8 Å². The number of benzene rings is 2. The summed E-state index contributed by atoms with van der Waals surface area (Å²) < 4.78 is 76.0. The van der Waals surface area contributed by atoms with E-state index in [1.54, 1.807) is 5.38 Å². The van der Waals surface area contributed by atoms with E-state index in [-0.39, 0.29) is 17.8 Å². The summed E-state index contributed by atoms with van der Waals surface area (Å²) in [5, 5.41) is 7.07. The van der Waals surface area contributed by atoms with Crippen molar-refractivity contribution in [2.24, 2.45) is 0 Å². The molecule has 0 saturated heterocycles. The van der Waals surface area contributed by atoms with Gasteiger partial charge in [0.15, 0.2) is 5.13 Å². The smallest absolute Gasteiger partial charge is 0.332 e. The Morgan fingerprint density at radius 2 is 1.57 bits per heavy atom. The van der Waals surface area contributed by atoms with Gasteiger partial charge in [-0.2, -0.15) is 26.3 Å². The summed E-state index contributed by atoms with van der Waals surface area (Å²) in [6, 6.07) is 8.60. The Labute approximate surface area is 170 Å². The Morgan fingerprint density at radius 3 is 2.20 bits per heavy atom. The Kier molecular flexibility index (Phi) is 6.01. The van der Waals surface area contributed by atoms with Gasteiger partial charge in [0.25, 0.3) is 0 Å². The van der Waals surface area contributed by atoms with E-state index in [4.69, 9.17) is 0 Å². The van der Waals surface area contributed by atoms with Crippen molar-refractivity contribution in [1.82, 2.24) is 4.98 Å². The van der Waals surface area contributed by atoms with Gasteiger partial charge in [-0.1, -0.05) is 6.07 Å². The van der Waals surface area contributed by atoms with Crippen LogP contribution in [-0.2, 0) is 23.6 Å². The lowest BCUT2D eigenvalue weighted by Crippen LogP contribution is -2.15. The number of anilines is 3. The van der Waals surface area contributed by atoms with Crippen molar-refractivity contribution in [3.8, 4) is 0 Å². The fourth-order valence-electron chi connectivity index (χ4n) is 2.45. The first-order chi connectivity index (χ1) is 14.0. The predicted molar refractivity (Wildman–Crippen MR) is 101 cm³/mol. The second-order valence-electron chi connectivity index (χ2n) is 6.15. The Bertz CT molecular complexity index is 1030. The van der Waals surface area contributed by atoms with Gasteiger partial charge in [0, 0.05) is 16.8 Å². The Hall–Kier alpha value is -3.08. The minimum atomic E-state index is -4.47. The predicted octanol–water partition coefficient (Wildman–Crippen LogP) is 6.11. The number of nitrogens with zero attached hydrogens (tertiary/aromatic N) is 1. The van der Waals surface area contributed by atoms with Crippen molar-refractivity contribution in [3.05, 3.63) is 70.7 Å². The average molecular weight is 445 g/mol. The number of rotatable bonds is 5. The van der Waals surface area contributed by atoms with Gasteiger partial charge in [-0.15, -0.1) is 11.3 Å². The van der Waals surface area contributed by atoms with Crippen LogP contribution in [0, 0.1) is 0 Å². The molecule has 158 valence electrons. The zero-order valence-electron chi connectivity index (χ0n) is 14.9. The molecule has 2 aromatic carbocycles. The maximum atomic E-state index is 12.8. The number of carbonyl (C=O) groups is 1. The van der Waals surface area contributed by atoms with Crippen molar-refractivity contribution < 1.29 is 31.1 Å². The summed E-state index contributed by atoms with van der Waals surface area (Å²) in [6.07, 6.45) is -9.09. The molecule has 2 N–H and O–H groups in total. The zero-order chi connectivity index (χ0) is 21.9. The van der Waals surface area contributed by atoms with E-state index in [1.165, 1.54) is 12.1 Å². The SMILES string of the molecule is O=C(Cc1csc(Nc2cccc(C(F)(F)F)c2)n1)Nc1ccc(C(F)(F)F)cc1. The molecular formula is C19H13F6N3OS. The highest BCUT2D eigenvalue weighted by Crippen LogP contribution is 2.32. The maximum Gasteiger partial charge on any atom is 0.416 e. The minimum absolute atomic E-state index is 0.151. The molecule has 11 heteroatoms. The number of nitrogens with one attached hydrogen (secondary N) is 2. The third-order valence-electron chi connectivity index (χ3n) is 3.83. The Morgan fingerprint density at radius 1 is 0.900 bits per heavy atom. The number of carbonyl (C=O) groups excluding carboxylic acids is 1. The molecule has 3 rings (SSSR count). The molecule has 1 aromatic heterocycles. The molecule has 4 nitrogen and oxygen atoms in total. The summed E-state index contributed by atoms with van der Waals surface area (Å²) in [4.78, 5) is 16.2. The van der Waals surface area contributed by atoms with Gasteiger partial charge in [0.2, 0.25) is 5.91 Å². The molecule has 1 heterocycles. The first-order valence-electron chi connectivity index (χ1n) is 8.36. The highest BCUT2D eigenvalue weighted by molar-refractivity contribution is 7.13. The second kappa shape index (κ2) is 8.34. The van der Waals surface area contributed by atoms with E-state index in [1.807, 2.05) is 0 Å². The van der Waals surface area contributed by atoms with Gasteiger partial charge in [-0.05, 0) is 42.5 Å². The van der Waals surface area contributed by atoms with Crippen LogP contribution in [0.2, 0.25) is 0 Å². The van der Waals surface area contributed by atoms with E-state index >= 15 is 0 Å². The van der Waals surface area contributed by atoms with E-state index in [0.29, 0.717) is 10.8 Å². The van der Waals surface area contributed by atoms with Crippen LogP contribution < -0.4 is 10.6 Å². The highest BCUT2D eigenvalue weighted by Gasteiger charge is 2.31. The number of alkyl halides is 6. The summed E-state index contributed by atoms with van der Waals surface area (Å²) >= 11 is 1.10. The number of amides is 1. The quantitative estimate of drug-likeness (QED) is 0.466. The Balaban J connectivity index is 1.59. The van der Waals surface area contributed by atoms with Crippen LogP contribution in [0.5, 0.6) is 0 Å². The summed E-state index contributed by atoms with van der Waals surface area (Å²) in [7, 11) is 0. The first-order valence-corrected chi connectivity index (χ1v) is 9.24. The van der Waals surface area contributed by atoms with E-state index in [2.05, 4.69) is 15.6 Å². The van der Waals surface area contributed by atoms with E-state index in [9.17, 15) is 31.1 Å². The van der Waals surface area contributed by atoms with Gasteiger partial charge in [-0.25, -0.2) is 4.98 Å². The average Bonchev–Trinajstić information content (AvgIpc) is 3.07. The van der Waals surface area contributed by atoms with Crippen molar-refractivity contribution in [2.45, 2.75) is 18.8 Å². The molecule has 0 radical (unpaired) electrons. The molecular weight excluding hydrogens is 432 g/mol. The number of hydrogen-bond acceptors (Lipinski definition) is 4. The number of halogens is 6. The van der Waals surface area contributed by atoms with E-state index in [0.717, 1.165) is 47.7 Å². The summed E-state index contributed by atoms with van der Waals surface area (Å²) in [5.41, 5.74) is -0.880. The maximum absolute atomic E-state index is 12.8. The van der Waals surface area contributed by atoms with Crippen molar-refractivity contribution >= 4 is 33.8 Å². The van der Waals surface area contributed by atoms with Crippen LogP contribution in [-0.4, -0.2) is 10.9 Å². The first kappa shape index (κ1) is 21.6. The third-order valence-corrected chi connectivity index (χ3v) is 4.64. The number of hydrogen-bond donors (Lipinski definition) is 2. The molecule has 0 saturated carbocycles. The standard InChI is InChI=1S/C19H13F6N3OS/c20-18(21,22)11-4-6-13(7-5-11)26-16(29)9-15-10-30-17(28-15)27-14-3-1-2-12(8-14)19(23,24)25/h1-8,10H,9H2,(H,26,29)(H,27,28). The zero-order valence-corrected chi connectivity index (χ0v) is 15.8. The normalized spacial score (nSPS) is 11.9. The topological polar surface area (TPSA) is 54.0 Å². The van der Waals surface area contributed by atoms with Crippen LogP contribution in [0.25, 0.3) is 0 Å². The molecule has 0 spiro atoms. The van der Waals surface area contributed by atoms with E-state index < -0.39 is 29.4 Å². The highest BCUT2D eigenvalue weighted by atomic mass is 32.1. The molecule has 30 heavy (non-hydrogen) atoms. The molecule has 0 aliphatic carbocycles. The van der Waals surface area contributed by atoms with Gasteiger partial charge >= 0.3 is 12.4 Å². The van der Waals surface area contributed by atoms with Crippen LogP contribution >= 0.6 is 11.3 Å². The molecule has 0 atom stereocenters. The van der Waals surface area contributed by atoms with Crippen molar-refractivity contribution in [2.75, 3.05) is 10.6 Å². The fourth-order valence-corrected chi connectivity index (χ4v) is 3.18. The van der Waals surface area contributed by atoms with Gasteiger partial charge < -0.3 is 10.6 Å². The third kappa shape index (κ3) is 5.72. The summed E-state index contributed by atoms with van der Waals surface area (Å²) in [5.74, 6) is -0.495. The lowest BCUT2D eigenvalue weighted by Gasteiger charge is -2.09. The summed E-state index contributed by atoms with van der Waals surface area (Å²) in [6.45, 7) is 0. The monoisotopic (exact) mass is 445 g/mol. The largest absolute Gasteiger partial charge is 0.416 e. The molecule has 0 unspecified atom stereocenters. The van der Waals surface area contributed by atoms with Gasteiger partial charge in [0.05, 0.1) is 23.2 Å². The molecule has 0 bridgehead atoms. The van der Waals surface area contributed by atoms with Crippen molar-refractivity contribution in [3.63, 3.8) is 0 Å². The minimum Gasteiger partial charge on any atom is -0.332 e. The molecule has 3 aromatic rings. The molecule has 0 fully saturated rings. The number of aromatic nitrogens is 1. The van der Waals surface area contributed by atoms with Crippen LogP contribution in [0.3, 0.4) is 0 Å². The van der Waals surface area contributed by atoms with Crippen LogP contribution in [0.15, 0.2) is 53.9 Å². The van der Waals surface area contributed by atoms with Gasteiger partial charge in [0.1, 0.15) is 0 Å². The van der Waals surface area contributed by atoms with Crippen LogP contribution in [0.1, 0.15) is 16.8 Å². The lowest BCUT2D eigenvalue weighted by molar-refractivity contribution is -0.138. The molecule has 1 amide bonds. The van der Waals surface area contributed by atoms with Gasteiger partial charge in [-0.3, -0.25) is 4.79 Å². The molecule has 0 aliphatic heterocycles. The number of thiazole rings is 1. The van der Waals surface area contributed by atoms with Crippen molar-refractivity contribution in [1.29, 1.82) is 0 Å². The second-order valence-corrected chi connectivity index (χ2v) is 7.01. The molecule has 0 aliphatic rings. The fraction of sp³-hybridized carbons (Fsp3) is 0.158.